The Morgan fingerprint density at radius 3 is 2.94 bits per heavy atom. The molecule has 102 valence electrons. The van der Waals surface area contributed by atoms with Gasteiger partial charge in [-0.2, -0.15) is 0 Å². The monoisotopic (exact) mass is 268 g/mol. The Hall–Kier alpha value is -0.650. The summed E-state index contributed by atoms with van der Waals surface area (Å²) in [5.74, 6) is 0. The molecule has 5 heteroatoms. The molecule has 1 atom stereocenters. The van der Waals surface area contributed by atoms with Gasteiger partial charge in [0.05, 0.1) is 5.69 Å². The highest BCUT2D eigenvalue weighted by molar-refractivity contribution is 7.13. The van der Waals surface area contributed by atoms with Crippen LogP contribution in [-0.2, 0) is 6.54 Å². The van der Waals surface area contributed by atoms with Gasteiger partial charge in [-0.25, -0.2) is 4.98 Å². The maximum Gasteiger partial charge on any atom is 0.185 e. The second-order valence-electron chi connectivity index (χ2n) is 5.51. The van der Waals surface area contributed by atoms with Crippen molar-refractivity contribution in [1.29, 1.82) is 0 Å². The first-order chi connectivity index (χ1) is 8.56. The Kier molecular flexibility index (Phi) is 4.59. The predicted octanol–water partition coefficient (Wildman–Crippen LogP) is 1.78. The van der Waals surface area contributed by atoms with Crippen molar-refractivity contribution in [3.63, 3.8) is 0 Å². The van der Waals surface area contributed by atoms with E-state index in [4.69, 9.17) is 4.98 Å². The van der Waals surface area contributed by atoms with E-state index in [1.807, 2.05) is 0 Å². The number of hydrogen-bond acceptors (Lipinski definition) is 5. The highest BCUT2D eigenvalue weighted by Gasteiger charge is 2.25. The molecule has 1 aromatic heterocycles. The highest BCUT2D eigenvalue weighted by Crippen LogP contribution is 2.25. The van der Waals surface area contributed by atoms with Crippen molar-refractivity contribution >= 4 is 16.5 Å². The number of hydrogen-bond donors (Lipinski definition) is 1. The zero-order valence-corrected chi connectivity index (χ0v) is 12.6. The summed E-state index contributed by atoms with van der Waals surface area (Å²) >= 11 is 1.77. The summed E-state index contributed by atoms with van der Waals surface area (Å²) in [6.45, 7) is 7.44. The molecule has 0 radical (unpaired) electrons. The van der Waals surface area contributed by atoms with Crippen molar-refractivity contribution < 1.29 is 0 Å². The third-order valence-corrected chi connectivity index (χ3v) is 4.35. The summed E-state index contributed by atoms with van der Waals surface area (Å²) in [5.41, 5.74) is 1.16. The van der Waals surface area contributed by atoms with Crippen LogP contribution >= 0.6 is 11.3 Å². The summed E-state index contributed by atoms with van der Waals surface area (Å²) in [6.07, 6.45) is 1.24. The van der Waals surface area contributed by atoms with Crippen LogP contribution in [0.3, 0.4) is 0 Å². The molecule has 2 rings (SSSR count). The van der Waals surface area contributed by atoms with E-state index in [-0.39, 0.29) is 0 Å². The van der Waals surface area contributed by atoms with Gasteiger partial charge < -0.3 is 15.1 Å². The minimum Gasteiger partial charge on any atom is -0.346 e. The SMILES string of the molecule is CC(C)NCc1csc(N2CCC(N(C)C)C2)n1. The Bertz CT molecular complexity index is 375. The van der Waals surface area contributed by atoms with E-state index in [2.05, 4.69) is 48.4 Å². The summed E-state index contributed by atoms with van der Waals surface area (Å²) in [6, 6.07) is 1.19. The number of anilines is 1. The normalized spacial score (nSPS) is 20.3. The van der Waals surface area contributed by atoms with Crippen molar-refractivity contribution in [2.45, 2.75) is 38.9 Å². The van der Waals surface area contributed by atoms with E-state index in [0.29, 0.717) is 12.1 Å². The number of likely N-dealkylation sites (N-methyl/N-ethyl adjacent to an activating group) is 1. The zero-order chi connectivity index (χ0) is 13.1. The first-order valence-electron chi connectivity index (χ1n) is 6.65. The minimum absolute atomic E-state index is 0.514. The third-order valence-electron chi connectivity index (χ3n) is 3.40. The van der Waals surface area contributed by atoms with Crippen LogP contribution in [-0.4, -0.2) is 49.2 Å². The maximum atomic E-state index is 4.72. The molecule has 1 fully saturated rings. The standard InChI is InChI=1S/C13H24N4S/c1-10(2)14-7-11-9-18-13(15-11)17-6-5-12(8-17)16(3)4/h9-10,12,14H,5-8H2,1-4H3. The van der Waals surface area contributed by atoms with E-state index in [9.17, 15) is 0 Å². The summed E-state index contributed by atoms with van der Waals surface area (Å²) < 4.78 is 0. The van der Waals surface area contributed by atoms with Crippen LogP contribution < -0.4 is 10.2 Å². The van der Waals surface area contributed by atoms with Gasteiger partial charge in [-0.3, -0.25) is 0 Å². The van der Waals surface area contributed by atoms with Crippen LogP contribution in [0, 0.1) is 0 Å². The highest BCUT2D eigenvalue weighted by atomic mass is 32.1. The van der Waals surface area contributed by atoms with E-state index in [1.54, 1.807) is 11.3 Å². The van der Waals surface area contributed by atoms with Gasteiger partial charge in [-0.05, 0) is 20.5 Å². The topological polar surface area (TPSA) is 31.4 Å². The summed E-state index contributed by atoms with van der Waals surface area (Å²) in [4.78, 5) is 9.45. The van der Waals surface area contributed by atoms with Gasteiger partial charge in [-0.15, -0.1) is 11.3 Å². The van der Waals surface area contributed by atoms with E-state index < -0.39 is 0 Å². The van der Waals surface area contributed by atoms with Gasteiger partial charge >= 0.3 is 0 Å². The second-order valence-corrected chi connectivity index (χ2v) is 6.35. The molecule has 0 aromatic carbocycles. The van der Waals surface area contributed by atoms with Crippen molar-refractivity contribution in [3.8, 4) is 0 Å². The smallest absolute Gasteiger partial charge is 0.185 e. The number of nitrogens with zero attached hydrogens (tertiary/aromatic N) is 3. The lowest BCUT2D eigenvalue weighted by molar-refractivity contribution is 0.315. The molecule has 0 spiro atoms. The first kappa shape index (κ1) is 13.8. The molecule has 0 bridgehead atoms. The van der Waals surface area contributed by atoms with Crippen LogP contribution in [0.15, 0.2) is 5.38 Å². The van der Waals surface area contributed by atoms with Gasteiger partial charge in [0.15, 0.2) is 5.13 Å². The fourth-order valence-corrected chi connectivity index (χ4v) is 3.03. The molecule has 0 saturated carbocycles. The van der Waals surface area contributed by atoms with Crippen molar-refractivity contribution in [2.24, 2.45) is 0 Å². The molecule has 1 aliphatic rings. The van der Waals surface area contributed by atoms with Gasteiger partial charge in [0, 0.05) is 37.1 Å². The maximum absolute atomic E-state index is 4.72. The molecule has 18 heavy (non-hydrogen) atoms. The van der Waals surface area contributed by atoms with E-state index in [0.717, 1.165) is 25.3 Å². The Morgan fingerprint density at radius 1 is 1.56 bits per heavy atom. The largest absolute Gasteiger partial charge is 0.346 e. The summed E-state index contributed by atoms with van der Waals surface area (Å²) in [7, 11) is 4.32. The van der Waals surface area contributed by atoms with Crippen molar-refractivity contribution in [2.75, 3.05) is 32.1 Å². The average Bonchev–Trinajstić information content (AvgIpc) is 2.95. The quantitative estimate of drug-likeness (QED) is 0.882. The average molecular weight is 268 g/mol. The molecule has 4 nitrogen and oxygen atoms in total. The number of rotatable bonds is 5. The molecule has 1 unspecified atom stereocenters. The number of nitrogens with one attached hydrogen (secondary N) is 1. The van der Waals surface area contributed by atoms with Crippen LogP contribution in [0.5, 0.6) is 0 Å². The molecule has 1 saturated heterocycles. The lowest BCUT2D eigenvalue weighted by atomic mass is 10.2. The lowest BCUT2D eigenvalue weighted by Crippen LogP contribution is -2.31. The van der Waals surface area contributed by atoms with Crippen LogP contribution in [0.2, 0.25) is 0 Å². The van der Waals surface area contributed by atoms with Crippen molar-refractivity contribution in [3.05, 3.63) is 11.1 Å². The molecule has 0 aliphatic carbocycles. The van der Waals surface area contributed by atoms with Gasteiger partial charge in [0.25, 0.3) is 0 Å². The zero-order valence-electron chi connectivity index (χ0n) is 11.8. The molecule has 1 aliphatic heterocycles. The van der Waals surface area contributed by atoms with Gasteiger partial charge in [-0.1, -0.05) is 13.8 Å². The number of aromatic nitrogens is 1. The van der Waals surface area contributed by atoms with E-state index >= 15 is 0 Å². The molecule has 1 N–H and O–H groups in total. The molecular weight excluding hydrogens is 244 g/mol. The van der Waals surface area contributed by atoms with Crippen LogP contribution in [0.1, 0.15) is 26.0 Å². The number of thiazole rings is 1. The predicted molar refractivity (Wildman–Crippen MR) is 78.4 cm³/mol. The minimum atomic E-state index is 0.514. The Morgan fingerprint density at radius 2 is 2.33 bits per heavy atom. The van der Waals surface area contributed by atoms with Crippen molar-refractivity contribution in [1.82, 2.24) is 15.2 Å². The lowest BCUT2D eigenvalue weighted by Gasteiger charge is -2.19. The first-order valence-corrected chi connectivity index (χ1v) is 7.53. The van der Waals surface area contributed by atoms with Gasteiger partial charge in [0.1, 0.15) is 0 Å². The van der Waals surface area contributed by atoms with Gasteiger partial charge in [0.2, 0.25) is 0 Å². The fraction of sp³-hybridized carbons (Fsp3) is 0.769. The summed E-state index contributed by atoms with van der Waals surface area (Å²) in [5, 5.41) is 6.76. The fourth-order valence-electron chi connectivity index (χ4n) is 2.17. The van der Waals surface area contributed by atoms with E-state index in [1.165, 1.54) is 11.6 Å². The Labute approximate surface area is 114 Å². The van der Waals surface area contributed by atoms with Crippen LogP contribution in [0.25, 0.3) is 0 Å². The molecule has 0 amide bonds. The molecule has 2 heterocycles. The molecular formula is C13H24N4S. The molecule has 1 aromatic rings. The second kappa shape index (κ2) is 5.99. The Balaban J connectivity index is 1.90. The van der Waals surface area contributed by atoms with Crippen LogP contribution in [0.4, 0.5) is 5.13 Å². The third kappa shape index (κ3) is 3.43.